The van der Waals surface area contributed by atoms with E-state index < -0.39 is 162 Å². The number of amides is 3. The first kappa shape index (κ1) is 6.90. The molecule has 8 nitrogen and oxygen atoms in total. The van der Waals surface area contributed by atoms with Crippen LogP contribution >= 0.6 is 0 Å². The summed E-state index contributed by atoms with van der Waals surface area (Å²) in [5, 5.41) is 1.32. The molecule has 3 aliphatic rings. The number of carbonyl (C=O) groups is 3. The summed E-state index contributed by atoms with van der Waals surface area (Å²) in [4.78, 5) is 38.0. The maximum Gasteiger partial charge on any atom is 0.255 e. The van der Waals surface area contributed by atoms with Gasteiger partial charge in [0.2, 0.25) is 11.8 Å². The van der Waals surface area contributed by atoms with Gasteiger partial charge in [0.15, 0.2) is 0 Å². The number of morpholine rings is 1. The van der Waals surface area contributed by atoms with Crippen molar-refractivity contribution in [1.82, 2.24) is 15.1 Å². The number of fused-ring (bicyclic) bond motifs is 1. The van der Waals surface area contributed by atoms with Gasteiger partial charge in [0.25, 0.3) is 5.91 Å². The quantitative estimate of drug-likeness (QED) is 0.642. The average molecular weight is 476 g/mol. The van der Waals surface area contributed by atoms with Crippen molar-refractivity contribution in [3.05, 3.63) is 64.6 Å². The van der Waals surface area contributed by atoms with Crippen LogP contribution in [0.2, 0.25) is 0 Å². The van der Waals surface area contributed by atoms with Crippen molar-refractivity contribution in [2.45, 2.75) is 38.3 Å². The minimum absolute atomic E-state index is 0.566. The van der Waals surface area contributed by atoms with Crippen molar-refractivity contribution < 1.29 is 59.5 Å². The molecule has 8 heteroatoms. The number of rotatable bonds is 6. The molecule has 33 heavy (non-hydrogen) atoms. The van der Waals surface area contributed by atoms with E-state index in [1.54, 1.807) is 0 Å². The summed E-state index contributed by atoms with van der Waals surface area (Å²) in [6, 6.07) is -14.7. The number of hydrogen-bond donors (Lipinski definition) is 1. The molecule has 5 rings (SSSR count). The Morgan fingerprint density at radius 3 is 2.70 bits per heavy atom. The van der Waals surface area contributed by atoms with Gasteiger partial charge in [-0.05, 0) is 29.6 Å². The van der Waals surface area contributed by atoms with E-state index in [9.17, 15) is 14.4 Å². The molecule has 0 aliphatic carbocycles. The van der Waals surface area contributed by atoms with Gasteiger partial charge in [-0.25, -0.2) is 0 Å². The van der Waals surface area contributed by atoms with Crippen LogP contribution in [0.25, 0.3) is 0 Å². The lowest BCUT2D eigenvalue weighted by Gasteiger charge is -2.29. The summed E-state index contributed by atoms with van der Waals surface area (Å²) < 4.78 is 227. The molecule has 3 amide bonds. The number of imide groups is 1. The second kappa shape index (κ2) is 9.33. The first-order chi connectivity index (χ1) is 26.1. The number of benzene rings is 2. The monoisotopic (exact) mass is 475 g/mol. The molecular weight excluding hydrogens is 422 g/mol. The van der Waals surface area contributed by atoms with Crippen LogP contribution in [0.3, 0.4) is 0 Å². The first-order valence-electron chi connectivity index (χ1n) is 21.8. The van der Waals surface area contributed by atoms with Gasteiger partial charge in [-0.1, -0.05) is 30.2 Å². The minimum atomic E-state index is -4.11. The minimum Gasteiger partial charge on any atom is -0.489 e. The van der Waals surface area contributed by atoms with Crippen LogP contribution in [0.5, 0.6) is 5.75 Å². The molecule has 2 saturated heterocycles. The highest BCUT2D eigenvalue weighted by Gasteiger charge is 2.40. The molecule has 0 aromatic heterocycles. The fourth-order valence-electron chi connectivity index (χ4n) is 2.57. The molecule has 3 aliphatic heterocycles. The number of piperidine rings is 1. The van der Waals surface area contributed by atoms with Crippen LogP contribution in [0, 0.1) is 0 Å². The van der Waals surface area contributed by atoms with Crippen molar-refractivity contribution in [1.29, 1.82) is 0 Å². The Balaban J connectivity index is 1.73. The summed E-state index contributed by atoms with van der Waals surface area (Å²) in [6.07, 6.45) is -7.94. The number of nitrogens with zero attached hydrogens (tertiary/aromatic N) is 2. The van der Waals surface area contributed by atoms with E-state index in [4.69, 9.17) is 40.4 Å². The van der Waals surface area contributed by atoms with Crippen molar-refractivity contribution in [2.75, 3.05) is 26.1 Å². The molecule has 0 saturated carbocycles. The van der Waals surface area contributed by atoms with Crippen molar-refractivity contribution in [3.63, 3.8) is 0 Å². The maximum atomic E-state index is 13.9. The van der Waals surface area contributed by atoms with Crippen molar-refractivity contribution in [3.8, 4) is 5.75 Å². The van der Waals surface area contributed by atoms with Crippen LogP contribution in [0.1, 0.15) is 75.4 Å². The van der Waals surface area contributed by atoms with Gasteiger partial charge in [0.05, 0.1) is 41.5 Å². The summed E-state index contributed by atoms with van der Waals surface area (Å²) in [5.41, 5.74) is -5.99. The van der Waals surface area contributed by atoms with Crippen molar-refractivity contribution in [2.24, 2.45) is 0 Å². The van der Waals surface area contributed by atoms with E-state index in [-0.39, 0.29) is 0 Å². The Labute approximate surface area is 229 Å². The molecule has 2 fully saturated rings. The van der Waals surface area contributed by atoms with Crippen LogP contribution in [0.15, 0.2) is 42.3 Å². The Bertz CT molecular complexity index is 2190. The van der Waals surface area contributed by atoms with Gasteiger partial charge in [-0.3, -0.25) is 24.6 Å². The zero-order valence-electron chi connectivity index (χ0n) is 41.9. The topological polar surface area (TPSA) is 88.2 Å². The predicted molar refractivity (Wildman–Crippen MR) is 119 cm³/mol. The standard InChI is InChI=1S/C25H27N3O5/c29-23-9-8-21(24(30)26-23)28-15-20-19(25(28)31)2-1-3-22(20)33-16-18-6-4-17(5-7-18)14-27-10-12-32-13-11-27/h1-7,21H,8-16H2,(H,26,29,30)/t21-/m0/s1/i1D,2D,3D,4D,5D,6D,7D,8D2,9D2,10D2,11D2,12D2,13D2,14D2,15D2,16D2,21D. The fourth-order valence-corrected chi connectivity index (χ4v) is 2.57. The van der Waals surface area contributed by atoms with Gasteiger partial charge in [-0.15, -0.1) is 0 Å². The lowest BCUT2D eigenvalue weighted by atomic mass is 10.0. The zero-order valence-corrected chi connectivity index (χ0v) is 15.9. The lowest BCUT2D eigenvalue weighted by Crippen LogP contribution is -2.52. The molecule has 3 heterocycles. The number of hydrogen-bond acceptors (Lipinski definition) is 6. The van der Waals surface area contributed by atoms with Crippen LogP contribution in [0.4, 0.5) is 0 Å². The Morgan fingerprint density at radius 1 is 1.15 bits per heavy atom. The first-order valence-corrected chi connectivity index (χ1v) is 8.77. The third-order valence-corrected chi connectivity index (χ3v) is 3.96. The van der Waals surface area contributed by atoms with Gasteiger partial charge in [0, 0.05) is 50.7 Å². The molecule has 1 atom stereocenters. The molecule has 172 valence electrons. The Hall–Kier alpha value is -3.23. The van der Waals surface area contributed by atoms with Crippen LogP contribution in [-0.2, 0) is 33.9 Å². The average Bonchev–Trinajstić information content (AvgIpc) is 3.26. The maximum absolute atomic E-state index is 13.9. The molecule has 0 bridgehead atoms. The summed E-state index contributed by atoms with van der Waals surface area (Å²) in [6.45, 7) is -27.6. The van der Waals surface area contributed by atoms with Crippen molar-refractivity contribution >= 4 is 17.7 Å². The predicted octanol–water partition coefficient (Wildman–Crippen LogP) is 1.86. The van der Waals surface area contributed by atoms with E-state index in [0.29, 0.717) is 0 Å². The second-order valence-electron chi connectivity index (χ2n) is 6.02. The molecule has 0 unspecified atom stereocenters. The molecule has 0 spiro atoms. The smallest absolute Gasteiger partial charge is 0.255 e. The molecule has 0 radical (unpaired) electrons. The van der Waals surface area contributed by atoms with Gasteiger partial charge in [-0.2, -0.15) is 0 Å². The lowest BCUT2D eigenvalue weighted by molar-refractivity contribution is -0.136. The Morgan fingerprint density at radius 2 is 1.91 bits per heavy atom. The SMILES string of the molecule is [2H]c1c([2H])c(OC([2H])([2H])c2c([2H])c([2H])c(C([2H])([2H])N3C([2H])([2H])C([2H])([2H])OC([2H])([2H])C3([2H])[2H])c([2H])c2[2H])c2c(c1[2H])C(=O)N([C@]1([2H])C(=O)NC(=O)C([2H])([2H])C1([2H])[2H])C2([2H])[2H]. The van der Waals surface area contributed by atoms with E-state index in [0.717, 1.165) is 0 Å². The highest BCUT2D eigenvalue weighted by Crippen LogP contribution is 2.34. The Kier molecular flexibility index (Phi) is 1.95. The molecule has 1 N–H and O–H groups in total. The van der Waals surface area contributed by atoms with E-state index in [1.807, 2.05) is 0 Å². The highest BCUT2D eigenvalue weighted by molar-refractivity contribution is 6.05. The van der Waals surface area contributed by atoms with E-state index >= 15 is 0 Å². The van der Waals surface area contributed by atoms with E-state index in [2.05, 4.69) is 4.74 Å². The summed E-state index contributed by atoms with van der Waals surface area (Å²) in [7, 11) is 0. The zero-order chi connectivity index (χ0) is 45.9. The molecular formula is C25H27N3O5. The second-order valence-corrected chi connectivity index (χ2v) is 6.02. The number of nitrogens with one attached hydrogen (secondary N) is 1. The molecule has 2 aromatic rings. The largest absolute Gasteiger partial charge is 0.489 e. The number of ether oxygens (including phenoxy) is 2. The van der Waals surface area contributed by atoms with Gasteiger partial charge in [0.1, 0.15) is 18.3 Å². The normalized spacial score (nSPS) is 46.4. The van der Waals surface area contributed by atoms with Crippen LogP contribution in [-0.4, -0.2) is 59.7 Å². The van der Waals surface area contributed by atoms with Gasteiger partial charge >= 0.3 is 0 Å². The van der Waals surface area contributed by atoms with Crippen LogP contribution < -0.4 is 10.1 Å². The molecule has 2 aromatic carbocycles. The number of carbonyl (C=O) groups excluding carboxylic acids is 3. The highest BCUT2D eigenvalue weighted by atomic mass is 16.5. The third-order valence-electron chi connectivity index (χ3n) is 3.96. The summed E-state index contributed by atoms with van der Waals surface area (Å²) in [5.74, 6) is -7.59. The summed E-state index contributed by atoms with van der Waals surface area (Å²) >= 11 is 0. The fraction of sp³-hybridized carbons (Fsp3) is 0.400. The van der Waals surface area contributed by atoms with E-state index in [1.165, 1.54) is 5.32 Å². The van der Waals surface area contributed by atoms with Gasteiger partial charge < -0.3 is 14.4 Å². The third kappa shape index (κ3) is 4.62.